The highest BCUT2D eigenvalue weighted by Gasteiger charge is 2.26. The number of hydrogen-bond acceptors (Lipinski definition) is 5. The molecule has 0 aliphatic carbocycles. The van der Waals surface area contributed by atoms with Crippen LogP contribution in [0.4, 0.5) is 11.5 Å². The Labute approximate surface area is 114 Å². The Bertz CT molecular complexity index is 412. The van der Waals surface area contributed by atoms with E-state index >= 15 is 0 Å². The van der Waals surface area contributed by atoms with Gasteiger partial charge in [-0.15, -0.1) is 0 Å². The number of aromatic nitrogens is 1. The lowest BCUT2D eigenvalue weighted by atomic mass is 10.00. The highest BCUT2D eigenvalue weighted by Crippen LogP contribution is 2.25. The average Bonchev–Trinajstić information content (AvgIpc) is 2.87. The first kappa shape index (κ1) is 13.9. The van der Waals surface area contributed by atoms with Crippen molar-refractivity contribution < 1.29 is 9.47 Å². The second-order valence-corrected chi connectivity index (χ2v) is 4.77. The Balaban J connectivity index is 1.93. The molecule has 1 aliphatic rings. The van der Waals surface area contributed by atoms with E-state index in [0.717, 1.165) is 31.8 Å². The van der Waals surface area contributed by atoms with Crippen molar-refractivity contribution in [3.8, 4) is 5.88 Å². The van der Waals surface area contributed by atoms with Gasteiger partial charge in [0.1, 0.15) is 5.82 Å². The maximum absolute atomic E-state index is 5.80. The molecule has 106 valence electrons. The second kappa shape index (κ2) is 6.61. The van der Waals surface area contributed by atoms with Gasteiger partial charge in [0.2, 0.25) is 5.88 Å². The molecule has 5 heteroatoms. The Hall–Kier alpha value is -1.49. The molecule has 1 fully saturated rings. The standard InChI is InChI=1S/C14H23N3O2/c1-3-12-10(7-8-19-12)9-16-13-6-5-11(15)14(17-13)18-4-2/h5-6,10,12H,3-4,7-9,15H2,1-2H3,(H,16,17). The summed E-state index contributed by atoms with van der Waals surface area (Å²) in [6.45, 7) is 6.39. The molecular weight excluding hydrogens is 242 g/mol. The van der Waals surface area contributed by atoms with Crippen LogP contribution in [0.3, 0.4) is 0 Å². The molecule has 0 radical (unpaired) electrons. The van der Waals surface area contributed by atoms with Gasteiger partial charge >= 0.3 is 0 Å². The predicted octanol–water partition coefficient (Wildman–Crippen LogP) is 2.29. The lowest BCUT2D eigenvalue weighted by Crippen LogP contribution is -2.23. The normalized spacial score (nSPS) is 22.4. The molecule has 0 aromatic carbocycles. The van der Waals surface area contributed by atoms with Crippen LogP contribution in [0.2, 0.25) is 0 Å². The SMILES string of the molecule is CCOc1nc(NCC2CCOC2CC)ccc1N. The van der Waals surface area contributed by atoms with Crippen LogP contribution in [0.25, 0.3) is 0 Å². The molecule has 0 amide bonds. The van der Waals surface area contributed by atoms with Crippen LogP contribution in [-0.2, 0) is 4.74 Å². The number of ether oxygens (including phenoxy) is 2. The third kappa shape index (κ3) is 3.50. The van der Waals surface area contributed by atoms with E-state index in [4.69, 9.17) is 15.2 Å². The zero-order valence-electron chi connectivity index (χ0n) is 11.7. The summed E-state index contributed by atoms with van der Waals surface area (Å²) < 4.78 is 11.1. The zero-order valence-corrected chi connectivity index (χ0v) is 11.7. The first-order valence-electron chi connectivity index (χ1n) is 6.99. The third-order valence-electron chi connectivity index (χ3n) is 3.46. The minimum atomic E-state index is 0.368. The van der Waals surface area contributed by atoms with E-state index < -0.39 is 0 Å². The van der Waals surface area contributed by atoms with Gasteiger partial charge in [-0.2, -0.15) is 4.98 Å². The first-order chi connectivity index (χ1) is 9.24. The van der Waals surface area contributed by atoms with Crippen LogP contribution in [0, 0.1) is 5.92 Å². The van der Waals surface area contributed by atoms with Crippen LogP contribution < -0.4 is 15.8 Å². The molecule has 19 heavy (non-hydrogen) atoms. The fourth-order valence-electron chi connectivity index (χ4n) is 2.42. The van der Waals surface area contributed by atoms with E-state index in [-0.39, 0.29) is 0 Å². The number of nitrogens with zero attached hydrogens (tertiary/aromatic N) is 1. The van der Waals surface area contributed by atoms with Gasteiger partial charge in [0, 0.05) is 19.1 Å². The number of pyridine rings is 1. The second-order valence-electron chi connectivity index (χ2n) is 4.77. The smallest absolute Gasteiger partial charge is 0.239 e. The molecular formula is C14H23N3O2. The summed E-state index contributed by atoms with van der Waals surface area (Å²) >= 11 is 0. The van der Waals surface area contributed by atoms with Crippen molar-refractivity contribution in [1.82, 2.24) is 4.98 Å². The molecule has 2 unspecified atom stereocenters. The molecule has 1 aromatic rings. The Morgan fingerprint density at radius 1 is 1.47 bits per heavy atom. The molecule has 2 rings (SSSR count). The van der Waals surface area contributed by atoms with Gasteiger partial charge in [-0.3, -0.25) is 0 Å². The summed E-state index contributed by atoms with van der Waals surface area (Å²) in [6.07, 6.45) is 2.54. The lowest BCUT2D eigenvalue weighted by molar-refractivity contribution is 0.0900. The summed E-state index contributed by atoms with van der Waals surface area (Å²) in [7, 11) is 0. The Morgan fingerprint density at radius 2 is 2.32 bits per heavy atom. The fraction of sp³-hybridized carbons (Fsp3) is 0.643. The Morgan fingerprint density at radius 3 is 3.05 bits per heavy atom. The molecule has 1 aromatic heterocycles. The number of nitrogens with two attached hydrogens (primary N) is 1. The molecule has 0 spiro atoms. The van der Waals surface area contributed by atoms with Gasteiger partial charge in [0.25, 0.3) is 0 Å². The largest absolute Gasteiger partial charge is 0.476 e. The number of hydrogen-bond donors (Lipinski definition) is 2. The van der Waals surface area contributed by atoms with E-state index in [0.29, 0.717) is 30.2 Å². The van der Waals surface area contributed by atoms with Crippen molar-refractivity contribution in [3.63, 3.8) is 0 Å². The number of rotatable bonds is 6. The summed E-state index contributed by atoms with van der Waals surface area (Å²) in [6, 6.07) is 3.71. The van der Waals surface area contributed by atoms with Gasteiger partial charge in [-0.25, -0.2) is 0 Å². The van der Waals surface area contributed by atoms with Crippen LogP contribution >= 0.6 is 0 Å². The van der Waals surface area contributed by atoms with Crippen LogP contribution in [-0.4, -0.2) is 30.8 Å². The molecule has 0 saturated carbocycles. The van der Waals surface area contributed by atoms with E-state index in [1.165, 1.54) is 0 Å². The van der Waals surface area contributed by atoms with E-state index in [1.54, 1.807) is 0 Å². The van der Waals surface area contributed by atoms with Crippen LogP contribution in [0.15, 0.2) is 12.1 Å². The van der Waals surface area contributed by atoms with Gasteiger partial charge in [-0.1, -0.05) is 6.92 Å². The van der Waals surface area contributed by atoms with Crippen LogP contribution in [0.1, 0.15) is 26.7 Å². The summed E-state index contributed by atoms with van der Waals surface area (Å²) in [5.74, 6) is 1.86. The lowest BCUT2D eigenvalue weighted by Gasteiger charge is -2.18. The number of nitrogen functional groups attached to an aromatic ring is 1. The molecule has 3 N–H and O–H groups in total. The van der Waals surface area contributed by atoms with Gasteiger partial charge in [0.15, 0.2) is 0 Å². The first-order valence-corrected chi connectivity index (χ1v) is 6.99. The average molecular weight is 265 g/mol. The molecule has 1 aliphatic heterocycles. The van der Waals surface area contributed by atoms with E-state index in [1.807, 2.05) is 19.1 Å². The van der Waals surface area contributed by atoms with Crippen molar-refractivity contribution in [1.29, 1.82) is 0 Å². The van der Waals surface area contributed by atoms with E-state index in [9.17, 15) is 0 Å². The molecule has 5 nitrogen and oxygen atoms in total. The molecule has 1 saturated heterocycles. The number of nitrogens with one attached hydrogen (secondary N) is 1. The topological polar surface area (TPSA) is 69.4 Å². The Kier molecular flexibility index (Phi) is 4.85. The highest BCUT2D eigenvalue weighted by atomic mass is 16.5. The maximum Gasteiger partial charge on any atom is 0.239 e. The monoisotopic (exact) mass is 265 g/mol. The maximum atomic E-state index is 5.80. The van der Waals surface area contributed by atoms with Crippen molar-refractivity contribution in [2.45, 2.75) is 32.8 Å². The zero-order chi connectivity index (χ0) is 13.7. The summed E-state index contributed by atoms with van der Waals surface area (Å²) in [5, 5.41) is 3.35. The predicted molar refractivity (Wildman–Crippen MR) is 76.4 cm³/mol. The quantitative estimate of drug-likeness (QED) is 0.826. The van der Waals surface area contributed by atoms with Crippen molar-refractivity contribution in [2.24, 2.45) is 5.92 Å². The van der Waals surface area contributed by atoms with Crippen molar-refractivity contribution in [2.75, 3.05) is 30.8 Å². The molecule has 2 heterocycles. The van der Waals surface area contributed by atoms with Crippen molar-refractivity contribution >= 4 is 11.5 Å². The molecule has 2 atom stereocenters. The van der Waals surface area contributed by atoms with E-state index in [2.05, 4.69) is 17.2 Å². The molecule has 0 bridgehead atoms. The summed E-state index contributed by atoms with van der Waals surface area (Å²) in [5.41, 5.74) is 6.37. The third-order valence-corrected chi connectivity index (χ3v) is 3.46. The highest BCUT2D eigenvalue weighted by molar-refractivity contribution is 5.53. The minimum absolute atomic E-state index is 0.368. The van der Waals surface area contributed by atoms with Gasteiger partial charge in [0.05, 0.1) is 18.4 Å². The fourth-order valence-corrected chi connectivity index (χ4v) is 2.42. The van der Waals surface area contributed by atoms with Gasteiger partial charge < -0.3 is 20.5 Å². The van der Waals surface area contributed by atoms with Crippen molar-refractivity contribution in [3.05, 3.63) is 12.1 Å². The number of anilines is 2. The minimum Gasteiger partial charge on any atom is -0.476 e. The van der Waals surface area contributed by atoms with Gasteiger partial charge in [-0.05, 0) is 31.9 Å². The summed E-state index contributed by atoms with van der Waals surface area (Å²) in [4.78, 5) is 4.37. The van der Waals surface area contributed by atoms with Crippen LogP contribution in [0.5, 0.6) is 5.88 Å².